The number of hydrogen-bond acceptors (Lipinski definition) is 6. The van der Waals surface area contributed by atoms with Gasteiger partial charge in [-0.3, -0.25) is 14.3 Å². The molecule has 3 aromatic rings. The number of fused-ring (bicyclic) bond motifs is 1. The first-order valence-electron chi connectivity index (χ1n) is 12.5. The minimum Gasteiger partial charge on any atom is -0.478 e. The second-order valence-corrected chi connectivity index (χ2v) is 11.0. The fourth-order valence-corrected chi connectivity index (χ4v) is 4.91. The van der Waals surface area contributed by atoms with Gasteiger partial charge in [-0.2, -0.15) is 0 Å². The fraction of sp³-hybridized carbons (Fsp3) is 0.414. The molecule has 0 aliphatic carbocycles. The Labute approximate surface area is 227 Å². The van der Waals surface area contributed by atoms with Crippen molar-refractivity contribution in [3.8, 4) is 12.3 Å². The lowest BCUT2D eigenvalue weighted by Crippen LogP contribution is -2.37. The van der Waals surface area contributed by atoms with Crippen molar-refractivity contribution in [1.29, 1.82) is 0 Å². The third kappa shape index (κ3) is 5.86. The Morgan fingerprint density at radius 1 is 1.24 bits per heavy atom. The highest BCUT2D eigenvalue weighted by molar-refractivity contribution is 6.32. The largest absolute Gasteiger partial charge is 0.478 e. The smallest absolute Gasteiger partial charge is 0.335 e. The molecule has 9 heteroatoms. The van der Waals surface area contributed by atoms with Crippen LogP contribution in [0.15, 0.2) is 35.1 Å². The Bertz CT molecular complexity index is 1460. The summed E-state index contributed by atoms with van der Waals surface area (Å²) >= 11 is 6.71. The van der Waals surface area contributed by atoms with Crippen molar-refractivity contribution >= 4 is 34.2 Å². The molecule has 0 spiro atoms. The number of carboxylic acids is 1. The molecule has 1 aromatic heterocycles. The maximum atomic E-state index is 13.3. The van der Waals surface area contributed by atoms with E-state index in [0.29, 0.717) is 53.6 Å². The summed E-state index contributed by atoms with van der Waals surface area (Å²) < 4.78 is 7.01. The first-order valence-corrected chi connectivity index (χ1v) is 12.9. The summed E-state index contributed by atoms with van der Waals surface area (Å²) in [4.78, 5) is 34.1. The zero-order chi connectivity index (χ0) is 27.6. The van der Waals surface area contributed by atoms with E-state index in [-0.39, 0.29) is 23.1 Å². The Morgan fingerprint density at radius 3 is 2.58 bits per heavy atom. The number of morpholine rings is 1. The summed E-state index contributed by atoms with van der Waals surface area (Å²) in [6, 6.07) is 8.75. The molecule has 1 aliphatic heterocycles. The number of nitrogens with zero attached hydrogens (tertiary/aromatic N) is 4. The Hall–Kier alpha value is -3.38. The van der Waals surface area contributed by atoms with Crippen LogP contribution >= 0.6 is 11.6 Å². The van der Waals surface area contributed by atoms with Crippen LogP contribution in [0, 0.1) is 12.3 Å². The zero-order valence-corrected chi connectivity index (χ0v) is 23.0. The minimum atomic E-state index is -0.973. The van der Waals surface area contributed by atoms with Crippen molar-refractivity contribution in [2.45, 2.75) is 39.3 Å². The number of aromatic nitrogens is 2. The van der Waals surface area contributed by atoms with Crippen molar-refractivity contribution < 1.29 is 14.6 Å². The lowest BCUT2D eigenvalue weighted by atomic mass is 9.83. The van der Waals surface area contributed by atoms with E-state index in [1.54, 1.807) is 35.9 Å². The van der Waals surface area contributed by atoms with Crippen LogP contribution in [0.25, 0.3) is 10.9 Å². The van der Waals surface area contributed by atoms with Crippen molar-refractivity contribution in [3.05, 3.63) is 68.2 Å². The molecule has 38 heavy (non-hydrogen) atoms. The Kier molecular flexibility index (Phi) is 8.12. The molecule has 0 saturated carbocycles. The van der Waals surface area contributed by atoms with Gasteiger partial charge in [0, 0.05) is 37.4 Å². The van der Waals surface area contributed by atoms with Crippen LogP contribution in [0.4, 0.5) is 5.69 Å². The average Bonchev–Trinajstić information content (AvgIpc) is 2.87. The van der Waals surface area contributed by atoms with Gasteiger partial charge in [-0.05, 0) is 46.9 Å². The third-order valence-corrected chi connectivity index (χ3v) is 7.21. The summed E-state index contributed by atoms with van der Waals surface area (Å²) in [5, 5.41) is 10.6. The molecule has 2 aromatic carbocycles. The molecule has 4 rings (SSSR count). The highest BCUT2D eigenvalue weighted by Crippen LogP contribution is 2.32. The number of terminal acetylenes is 1. The third-order valence-electron chi connectivity index (χ3n) is 6.86. The second kappa shape index (κ2) is 11.2. The summed E-state index contributed by atoms with van der Waals surface area (Å²) in [6.45, 7) is 10.0. The monoisotopic (exact) mass is 536 g/mol. The molecule has 0 amide bonds. The summed E-state index contributed by atoms with van der Waals surface area (Å²) in [6.07, 6.45) is 5.69. The fourth-order valence-electron chi connectivity index (χ4n) is 4.70. The van der Waals surface area contributed by atoms with Crippen molar-refractivity contribution in [3.63, 3.8) is 0 Å². The number of ether oxygens (including phenoxy) is 1. The van der Waals surface area contributed by atoms with Gasteiger partial charge in [0.05, 0.1) is 42.8 Å². The van der Waals surface area contributed by atoms with Gasteiger partial charge in [0.1, 0.15) is 5.82 Å². The van der Waals surface area contributed by atoms with E-state index in [1.807, 2.05) is 31.7 Å². The van der Waals surface area contributed by atoms with Crippen LogP contribution < -0.4 is 10.5 Å². The second-order valence-electron chi connectivity index (χ2n) is 10.6. The van der Waals surface area contributed by atoms with Crippen molar-refractivity contribution in [1.82, 2.24) is 14.5 Å². The van der Waals surface area contributed by atoms with Gasteiger partial charge in [-0.1, -0.05) is 38.3 Å². The number of halogens is 1. The van der Waals surface area contributed by atoms with Crippen LogP contribution in [0.2, 0.25) is 5.02 Å². The molecular formula is C29H33ClN4O4. The van der Waals surface area contributed by atoms with E-state index in [1.165, 1.54) is 0 Å². The lowest BCUT2D eigenvalue weighted by molar-refractivity contribution is 0.0325. The van der Waals surface area contributed by atoms with Crippen molar-refractivity contribution in [2.75, 3.05) is 37.7 Å². The molecule has 1 N–H and O–H groups in total. The molecule has 8 nitrogen and oxygen atoms in total. The van der Waals surface area contributed by atoms with Crippen LogP contribution in [-0.4, -0.2) is 58.4 Å². The number of hydrogen-bond donors (Lipinski definition) is 1. The first-order chi connectivity index (χ1) is 18.0. The standard InChI is InChI=1S/C29H33ClN4O4/c1-6-9-34(20-7-8-21(28(36)37)23(15-20)29(2,3)4)17-19-14-22-25(16-24(19)30)31-26(32(5)27(22)35)18-33-10-12-38-13-11-33/h1,7-8,14-16H,9-13,17-18H2,2-5H3,(H,36,37). The van der Waals surface area contributed by atoms with Crippen LogP contribution in [0.5, 0.6) is 0 Å². The predicted octanol–water partition coefficient (Wildman–Crippen LogP) is 4.05. The van der Waals surface area contributed by atoms with Gasteiger partial charge in [0.15, 0.2) is 0 Å². The molecule has 1 aliphatic rings. The number of benzene rings is 2. The number of carboxylic acid groups (broad SMARTS) is 1. The Morgan fingerprint density at radius 2 is 1.95 bits per heavy atom. The zero-order valence-electron chi connectivity index (χ0n) is 22.3. The number of aromatic carboxylic acids is 1. The van der Waals surface area contributed by atoms with E-state index in [2.05, 4.69) is 10.8 Å². The van der Waals surface area contributed by atoms with Gasteiger partial charge in [0.2, 0.25) is 0 Å². The predicted molar refractivity (Wildman–Crippen MR) is 150 cm³/mol. The highest BCUT2D eigenvalue weighted by Gasteiger charge is 2.24. The maximum Gasteiger partial charge on any atom is 0.335 e. The van der Waals surface area contributed by atoms with E-state index in [9.17, 15) is 14.7 Å². The number of rotatable bonds is 7. The topological polar surface area (TPSA) is 87.9 Å². The molecule has 0 radical (unpaired) electrons. The highest BCUT2D eigenvalue weighted by atomic mass is 35.5. The summed E-state index contributed by atoms with van der Waals surface area (Å²) in [5.74, 6) is 2.38. The summed E-state index contributed by atoms with van der Waals surface area (Å²) in [5.41, 5.74) is 2.50. The molecule has 0 bridgehead atoms. The summed E-state index contributed by atoms with van der Waals surface area (Å²) in [7, 11) is 1.74. The van der Waals surface area contributed by atoms with Crippen LogP contribution in [0.3, 0.4) is 0 Å². The van der Waals surface area contributed by atoms with Gasteiger partial charge in [0.25, 0.3) is 5.56 Å². The molecular weight excluding hydrogens is 504 g/mol. The molecule has 0 unspecified atom stereocenters. The van der Waals surface area contributed by atoms with E-state index in [4.69, 9.17) is 27.7 Å². The van der Waals surface area contributed by atoms with E-state index >= 15 is 0 Å². The normalized spacial score (nSPS) is 14.4. The number of anilines is 1. The number of carbonyl (C=O) groups is 1. The molecule has 1 saturated heterocycles. The molecule has 1 fully saturated rings. The SMILES string of the molecule is C#CCN(Cc1cc2c(=O)n(C)c(CN3CCOCC3)nc2cc1Cl)c1ccc(C(=O)O)c(C(C)(C)C)c1. The van der Waals surface area contributed by atoms with Gasteiger partial charge in [-0.15, -0.1) is 6.42 Å². The Balaban J connectivity index is 1.71. The molecule has 0 atom stereocenters. The first kappa shape index (κ1) is 27.6. The lowest BCUT2D eigenvalue weighted by Gasteiger charge is -2.28. The van der Waals surface area contributed by atoms with Crippen LogP contribution in [0.1, 0.15) is 48.1 Å². The van der Waals surface area contributed by atoms with Crippen LogP contribution in [-0.2, 0) is 30.3 Å². The van der Waals surface area contributed by atoms with Crippen molar-refractivity contribution in [2.24, 2.45) is 7.05 Å². The van der Waals surface area contributed by atoms with Gasteiger partial charge >= 0.3 is 5.97 Å². The minimum absolute atomic E-state index is 0.138. The average molecular weight is 537 g/mol. The van der Waals surface area contributed by atoms with E-state index in [0.717, 1.165) is 24.3 Å². The maximum absolute atomic E-state index is 13.3. The molecule has 200 valence electrons. The quantitative estimate of drug-likeness (QED) is 0.456. The van der Waals surface area contributed by atoms with E-state index < -0.39 is 5.97 Å². The van der Waals surface area contributed by atoms with Gasteiger partial charge < -0.3 is 14.7 Å². The van der Waals surface area contributed by atoms with Gasteiger partial charge in [-0.25, -0.2) is 9.78 Å². The molecule has 2 heterocycles.